The monoisotopic (exact) mass is 913 g/mol. The zero-order valence-electron chi connectivity index (χ0n) is 41.2. The van der Waals surface area contributed by atoms with E-state index >= 15 is 0 Å². The van der Waals surface area contributed by atoms with E-state index in [0.717, 1.165) is 96.3 Å². The van der Waals surface area contributed by atoms with Crippen LogP contribution in [0, 0.1) is 0 Å². The molecule has 0 radical (unpaired) electrons. The van der Waals surface area contributed by atoms with Crippen LogP contribution in [-0.4, -0.2) is 89.6 Å². The third-order valence-electron chi connectivity index (χ3n) is 11.5. The van der Waals surface area contributed by atoms with Gasteiger partial charge in [-0.05, 0) is 89.9 Å². The fourth-order valence-corrected chi connectivity index (χ4v) is 7.49. The highest BCUT2D eigenvalue weighted by atomic mass is 16.7. The van der Waals surface area contributed by atoms with Crippen LogP contribution in [0.1, 0.15) is 200 Å². The molecule has 0 aromatic carbocycles. The number of hydrogen-bond donors (Lipinski definition) is 4. The van der Waals surface area contributed by atoms with Gasteiger partial charge in [0.15, 0.2) is 6.29 Å². The predicted molar refractivity (Wildman–Crippen MR) is 270 cm³/mol. The van der Waals surface area contributed by atoms with Crippen LogP contribution >= 0.6 is 0 Å². The molecule has 374 valence electrons. The van der Waals surface area contributed by atoms with Gasteiger partial charge in [-0.1, -0.05) is 189 Å². The normalized spacial score (nSPS) is 20.1. The molecule has 65 heavy (non-hydrogen) atoms. The molecule has 0 aromatic heterocycles. The maximum absolute atomic E-state index is 12.8. The van der Waals surface area contributed by atoms with E-state index < -0.39 is 43.4 Å². The van der Waals surface area contributed by atoms with Gasteiger partial charge >= 0.3 is 5.97 Å². The van der Waals surface area contributed by atoms with Crippen molar-refractivity contribution < 1.29 is 44.2 Å². The number of unbranched alkanes of at least 4 members (excludes halogenated alkanes) is 19. The van der Waals surface area contributed by atoms with Crippen molar-refractivity contribution in [2.24, 2.45) is 0 Å². The Balaban J connectivity index is 2.23. The van der Waals surface area contributed by atoms with Crippen LogP contribution in [0.5, 0.6) is 0 Å². The molecule has 1 saturated heterocycles. The van der Waals surface area contributed by atoms with Crippen LogP contribution in [0.3, 0.4) is 0 Å². The molecule has 1 aliphatic rings. The van der Waals surface area contributed by atoms with Crippen LogP contribution in [-0.2, 0) is 23.7 Å². The van der Waals surface area contributed by atoms with Gasteiger partial charge in [-0.3, -0.25) is 4.79 Å². The smallest absolute Gasteiger partial charge is 0.306 e. The van der Waals surface area contributed by atoms with Gasteiger partial charge in [0, 0.05) is 13.0 Å². The number of aliphatic hydroxyl groups is 4. The van der Waals surface area contributed by atoms with Crippen LogP contribution in [0.2, 0.25) is 0 Å². The van der Waals surface area contributed by atoms with Crippen molar-refractivity contribution in [2.75, 3.05) is 26.4 Å². The van der Waals surface area contributed by atoms with Gasteiger partial charge in [0.2, 0.25) is 0 Å². The highest BCUT2D eigenvalue weighted by Crippen LogP contribution is 2.22. The van der Waals surface area contributed by atoms with Gasteiger partial charge in [-0.15, -0.1) is 0 Å². The van der Waals surface area contributed by atoms with Gasteiger partial charge < -0.3 is 39.4 Å². The average molecular weight is 913 g/mol. The Hall–Kier alpha value is -2.63. The van der Waals surface area contributed by atoms with Crippen molar-refractivity contribution in [3.05, 3.63) is 85.1 Å². The second-order valence-electron chi connectivity index (χ2n) is 17.6. The minimum absolute atomic E-state index is 0.125. The quantitative estimate of drug-likeness (QED) is 0.0268. The molecule has 9 nitrogen and oxygen atoms in total. The number of allylic oxidation sites excluding steroid dienone is 14. The largest absolute Gasteiger partial charge is 0.457 e. The topological polar surface area (TPSA) is 135 Å². The van der Waals surface area contributed by atoms with Gasteiger partial charge in [-0.2, -0.15) is 0 Å². The maximum Gasteiger partial charge on any atom is 0.306 e. The molecule has 1 aliphatic heterocycles. The number of rotatable bonds is 44. The van der Waals surface area contributed by atoms with Crippen LogP contribution in [0.4, 0.5) is 0 Å². The number of carbonyl (C=O) groups is 1. The minimum Gasteiger partial charge on any atom is -0.457 e. The molecule has 6 atom stereocenters. The second-order valence-corrected chi connectivity index (χ2v) is 17.6. The van der Waals surface area contributed by atoms with Crippen molar-refractivity contribution >= 4 is 5.97 Å². The maximum atomic E-state index is 12.8. The van der Waals surface area contributed by atoms with Gasteiger partial charge in [0.1, 0.15) is 30.5 Å². The number of ether oxygens (including phenoxy) is 4. The lowest BCUT2D eigenvalue weighted by Gasteiger charge is -2.39. The van der Waals surface area contributed by atoms with E-state index in [1.807, 2.05) is 0 Å². The Kier molecular flexibility index (Phi) is 43.2. The molecule has 0 aromatic rings. The highest BCUT2D eigenvalue weighted by molar-refractivity contribution is 5.69. The van der Waals surface area contributed by atoms with E-state index in [0.29, 0.717) is 13.0 Å². The Morgan fingerprint density at radius 3 is 1.43 bits per heavy atom. The van der Waals surface area contributed by atoms with Crippen LogP contribution in [0.15, 0.2) is 85.1 Å². The van der Waals surface area contributed by atoms with Gasteiger partial charge in [0.05, 0.1) is 19.8 Å². The van der Waals surface area contributed by atoms with Crippen molar-refractivity contribution in [1.29, 1.82) is 0 Å². The Bertz CT molecular complexity index is 1270. The van der Waals surface area contributed by atoms with Crippen LogP contribution < -0.4 is 0 Å². The summed E-state index contributed by atoms with van der Waals surface area (Å²) >= 11 is 0. The summed E-state index contributed by atoms with van der Waals surface area (Å²) in [6.07, 6.45) is 56.1. The molecule has 0 aliphatic carbocycles. The van der Waals surface area contributed by atoms with E-state index in [-0.39, 0.29) is 19.2 Å². The summed E-state index contributed by atoms with van der Waals surface area (Å²) < 4.78 is 22.9. The van der Waals surface area contributed by atoms with Crippen molar-refractivity contribution in [3.8, 4) is 0 Å². The fourth-order valence-electron chi connectivity index (χ4n) is 7.49. The summed E-state index contributed by atoms with van der Waals surface area (Å²) in [5, 5.41) is 40.3. The van der Waals surface area contributed by atoms with E-state index in [1.165, 1.54) is 83.5 Å². The fraction of sp³-hybridized carbons (Fsp3) is 0.732. The van der Waals surface area contributed by atoms with Gasteiger partial charge in [-0.25, -0.2) is 0 Å². The SMILES string of the molecule is CC/C=C\C/C=C\C/C=C\C/C=C\C/C=C\C/C=C\CCCCCCCOCC(COC1OC(CO)C(O)C(O)C1O)OC(=O)CCCCCCCCC/C=C\CCCCCCCCC. The van der Waals surface area contributed by atoms with E-state index in [1.54, 1.807) is 0 Å². The molecular weight excluding hydrogens is 817 g/mol. The molecule has 1 fully saturated rings. The molecule has 0 amide bonds. The summed E-state index contributed by atoms with van der Waals surface area (Å²) in [5.41, 5.74) is 0. The van der Waals surface area contributed by atoms with Crippen LogP contribution in [0.25, 0.3) is 0 Å². The first-order valence-electron chi connectivity index (χ1n) is 26.2. The molecule has 9 heteroatoms. The van der Waals surface area contributed by atoms with Crippen molar-refractivity contribution in [1.82, 2.24) is 0 Å². The summed E-state index contributed by atoms with van der Waals surface area (Å²) in [6, 6.07) is 0. The minimum atomic E-state index is -1.55. The zero-order valence-corrected chi connectivity index (χ0v) is 41.2. The third kappa shape index (κ3) is 37.1. The molecule has 1 rings (SSSR count). The molecular formula is C56H96O9. The Labute approximate surface area is 397 Å². The van der Waals surface area contributed by atoms with Crippen molar-refractivity contribution in [3.63, 3.8) is 0 Å². The first-order valence-corrected chi connectivity index (χ1v) is 26.2. The zero-order chi connectivity index (χ0) is 47.1. The van der Waals surface area contributed by atoms with Crippen molar-refractivity contribution in [2.45, 2.75) is 237 Å². The number of esters is 1. The second kappa shape index (κ2) is 46.5. The van der Waals surface area contributed by atoms with E-state index in [2.05, 4.69) is 98.9 Å². The summed E-state index contributed by atoms with van der Waals surface area (Å²) in [6.45, 7) is 4.39. The Morgan fingerprint density at radius 2 is 0.938 bits per heavy atom. The van der Waals surface area contributed by atoms with E-state index in [9.17, 15) is 25.2 Å². The highest BCUT2D eigenvalue weighted by Gasteiger charge is 2.44. The lowest BCUT2D eigenvalue weighted by Crippen LogP contribution is -2.59. The summed E-state index contributed by atoms with van der Waals surface area (Å²) in [7, 11) is 0. The summed E-state index contributed by atoms with van der Waals surface area (Å²) in [4.78, 5) is 12.8. The number of hydrogen-bond acceptors (Lipinski definition) is 9. The third-order valence-corrected chi connectivity index (χ3v) is 11.5. The first kappa shape index (κ1) is 60.4. The first-order chi connectivity index (χ1) is 31.9. The number of aliphatic hydroxyl groups excluding tert-OH is 4. The molecule has 6 unspecified atom stereocenters. The van der Waals surface area contributed by atoms with Gasteiger partial charge in [0.25, 0.3) is 0 Å². The molecule has 4 N–H and O–H groups in total. The standard InChI is InChI=1S/C56H96O9/c1-3-5-7-9-11-13-15-17-19-21-23-24-25-26-27-28-30-32-34-36-38-40-42-44-46-62-48-50(49-63-56-55(61)54(60)53(59)51(47-57)65-56)64-52(58)45-43-41-39-37-35-33-31-29-22-20-18-16-14-12-10-8-6-4-2/h5,7,11,13,17,19-20,22-24,26-27,30,32,50-51,53-57,59-61H,3-4,6,8-10,12,14-16,18,21,25,28-29,31,33-49H2,1-2H3/b7-5-,13-11-,19-17-,22-20-,24-23-,27-26-,32-30-. The summed E-state index contributed by atoms with van der Waals surface area (Å²) in [5.74, 6) is -0.328. The predicted octanol–water partition coefficient (Wildman–Crippen LogP) is 13.0. The molecule has 1 heterocycles. The Morgan fingerprint density at radius 1 is 0.508 bits per heavy atom. The lowest BCUT2D eigenvalue weighted by atomic mass is 9.99. The van der Waals surface area contributed by atoms with E-state index in [4.69, 9.17) is 18.9 Å². The molecule has 0 saturated carbocycles. The molecule has 0 spiro atoms. The molecule has 0 bridgehead atoms. The lowest BCUT2D eigenvalue weighted by molar-refractivity contribution is -0.305. The average Bonchev–Trinajstić information content (AvgIpc) is 3.31. The number of carbonyl (C=O) groups excluding carboxylic acids is 1.